The van der Waals surface area contributed by atoms with Gasteiger partial charge in [-0.05, 0) is 36.6 Å². The first-order valence-corrected chi connectivity index (χ1v) is 7.33. The van der Waals surface area contributed by atoms with Gasteiger partial charge in [-0.3, -0.25) is 9.97 Å². The molecule has 0 N–H and O–H groups in total. The van der Waals surface area contributed by atoms with Crippen LogP contribution < -0.4 is 0 Å². The molecule has 0 atom stereocenters. The van der Waals surface area contributed by atoms with E-state index < -0.39 is 15.9 Å². The molecule has 0 amide bonds. The number of hydrogen-bond donors (Lipinski definition) is 0. The molecule has 0 saturated heterocycles. The zero-order valence-electron chi connectivity index (χ0n) is 10.4. The average Bonchev–Trinajstić information content (AvgIpc) is 2.37. The van der Waals surface area contributed by atoms with Gasteiger partial charge in [0.1, 0.15) is 0 Å². The molecule has 2 aromatic heterocycles. The fourth-order valence-corrected chi connectivity index (χ4v) is 2.07. The first-order valence-electron chi connectivity index (χ1n) is 5.75. The Hall–Kier alpha value is -1.79. The first-order chi connectivity index (χ1) is 8.94. The van der Waals surface area contributed by atoms with Crippen molar-refractivity contribution in [3.05, 3.63) is 47.8 Å². The Bertz CT molecular complexity index is 649. The fourth-order valence-electron chi connectivity index (χ4n) is 1.59. The van der Waals surface area contributed by atoms with Crippen LogP contribution >= 0.6 is 0 Å². The summed E-state index contributed by atoms with van der Waals surface area (Å²) in [4.78, 5) is 8.47. The number of aromatic nitrogens is 2. The Morgan fingerprint density at radius 1 is 1.05 bits per heavy atom. The Kier molecular flexibility index (Phi) is 3.92. The van der Waals surface area contributed by atoms with Crippen molar-refractivity contribution in [3.63, 3.8) is 0 Å². The molecule has 0 bridgehead atoms. The largest absolute Gasteiger partial charge is 0.748 e. The van der Waals surface area contributed by atoms with Gasteiger partial charge in [-0.15, -0.1) is 0 Å². The minimum Gasteiger partial charge on any atom is -0.748 e. The molecule has 0 aliphatic heterocycles. The third-order valence-electron chi connectivity index (χ3n) is 2.64. The van der Waals surface area contributed by atoms with Gasteiger partial charge in [-0.1, -0.05) is 12.1 Å². The molecule has 0 aliphatic carbocycles. The second-order valence-corrected chi connectivity index (χ2v) is 5.81. The van der Waals surface area contributed by atoms with Crippen LogP contribution in [0, 0.1) is 6.92 Å². The van der Waals surface area contributed by atoms with Gasteiger partial charge in [-0.2, -0.15) is 0 Å². The van der Waals surface area contributed by atoms with E-state index in [4.69, 9.17) is 0 Å². The molecule has 100 valence electrons. The van der Waals surface area contributed by atoms with Crippen LogP contribution in [-0.4, -0.2) is 28.7 Å². The van der Waals surface area contributed by atoms with Gasteiger partial charge >= 0.3 is 0 Å². The monoisotopic (exact) mass is 277 g/mol. The summed E-state index contributed by atoms with van der Waals surface area (Å²) >= 11 is 0. The van der Waals surface area contributed by atoms with Gasteiger partial charge in [0.15, 0.2) is 0 Å². The van der Waals surface area contributed by atoms with E-state index in [0.717, 1.165) is 16.8 Å². The van der Waals surface area contributed by atoms with E-state index in [2.05, 4.69) is 9.97 Å². The maximum atomic E-state index is 10.5. The zero-order chi connectivity index (χ0) is 13.9. The van der Waals surface area contributed by atoms with Crippen molar-refractivity contribution < 1.29 is 13.0 Å². The molecule has 6 heteroatoms. The molecule has 0 unspecified atom stereocenters. The van der Waals surface area contributed by atoms with E-state index in [1.165, 1.54) is 0 Å². The lowest BCUT2D eigenvalue weighted by Gasteiger charge is -2.06. The second kappa shape index (κ2) is 5.46. The molecular formula is C13H13N2O3S-. The van der Waals surface area contributed by atoms with Crippen molar-refractivity contribution in [2.75, 3.05) is 5.75 Å². The molecule has 2 aromatic rings. The van der Waals surface area contributed by atoms with Crippen molar-refractivity contribution in [2.24, 2.45) is 0 Å². The number of aryl methyl sites for hydroxylation is 2. The molecule has 0 radical (unpaired) electrons. The average molecular weight is 277 g/mol. The summed E-state index contributed by atoms with van der Waals surface area (Å²) in [6, 6.07) is 7.35. The SMILES string of the molecule is Cc1ccc(-c2ccc(CCS(=O)(=O)[O-])cn2)nc1. The van der Waals surface area contributed by atoms with Crippen LogP contribution in [0.4, 0.5) is 0 Å². The van der Waals surface area contributed by atoms with Crippen LogP contribution in [0.3, 0.4) is 0 Å². The quantitative estimate of drug-likeness (QED) is 0.791. The molecule has 0 aliphatic rings. The topological polar surface area (TPSA) is 83.0 Å². The highest BCUT2D eigenvalue weighted by Gasteiger charge is 2.02. The van der Waals surface area contributed by atoms with Crippen LogP contribution in [0.1, 0.15) is 11.1 Å². The van der Waals surface area contributed by atoms with E-state index in [-0.39, 0.29) is 6.42 Å². The molecule has 19 heavy (non-hydrogen) atoms. The van der Waals surface area contributed by atoms with E-state index in [9.17, 15) is 13.0 Å². The highest BCUT2D eigenvalue weighted by molar-refractivity contribution is 7.85. The fraction of sp³-hybridized carbons (Fsp3) is 0.231. The minimum atomic E-state index is -4.18. The lowest BCUT2D eigenvalue weighted by atomic mass is 10.1. The van der Waals surface area contributed by atoms with Crippen LogP contribution in [0.5, 0.6) is 0 Å². The Labute approximate surface area is 112 Å². The summed E-state index contributed by atoms with van der Waals surface area (Å²) in [7, 11) is -4.18. The van der Waals surface area contributed by atoms with Gasteiger partial charge in [0.2, 0.25) is 0 Å². The molecule has 0 aromatic carbocycles. The molecular weight excluding hydrogens is 264 g/mol. The van der Waals surface area contributed by atoms with E-state index in [1.807, 2.05) is 19.1 Å². The normalized spacial score (nSPS) is 11.5. The summed E-state index contributed by atoms with van der Waals surface area (Å²) in [5.74, 6) is -0.406. The van der Waals surface area contributed by atoms with Crippen molar-refractivity contribution >= 4 is 10.1 Å². The lowest BCUT2D eigenvalue weighted by molar-refractivity contribution is 0.462. The summed E-state index contributed by atoms with van der Waals surface area (Å²) in [5, 5.41) is 0. The van der Waals surface area contributed by atoms with Gasteiger partial charge in [0.25, 0.3) is 0 Å². The predicted molar refractivity (Wildman–Crippen MR) is 70.5 cm³/mol. The van der Waals surface area contributed by atoms with E-state index in [1.54, 1.807) is 24.5 Å². The van der Waals surface area contributed by atoms with E-state index >= 15 is 0 Å². The summed E-state index contributed by atoms with van der Waals surface area (Å²) in [6.07, 6.45) is 3.51. The highest BCUT2D eigenvalue weighted by Crippen LogP contribution is 2.14. The Morgan fingerprint density at radius 3 is 2.16 bits per heavy atom. The predicted octanol–water partition coefficient (Wildman–Crippen LogP) is 1.54. The van der Waals surface area contributed by atoms with Crippen LogP contribution in [-0.2, 0) is 16.5 Å². The summed E-state index contributed by atoms with van der Waals surface area (Å²) in [5.41, 5.74) is 3.26. The van der Waals surface area contributed by atoms with Crippen LogP contribution in [0.25, 0.3) is 11.4 Å². The third-order valence-corrected chi connectivity index (χ3v) is 3.34. The molecule has 2 heterocycles. The van der Waals surface area contributed by atoms with Crippen molar-refractivity contribution in [1.82, 2.24) is 9.97 Å². The number of pyridine rings is 2. The van der Waals surface area contributed by atoms with Crippen molar-refractivity contribution in [2.45, 2.75) is 13.3 Å². The van der Waals surface area contributed by atoms with Gasteiger partial charge < -0.3 is 4.55 Å². The zero-order valence-corrected chi connectivity index (χ0v) is 11.2. The molecule has 5 nitrogen and oxygen atoms in total. The van der Waals surface area contributed by atoms with Gasteiger partial charge in [0, 0.05) is 18.1 Å². The Balaban J connectivity index is 2.12. The van der Waals surface area contributed by atoms with Crippen LogP contribution in [0.15, 0.2) is 36.7 Å². The number of hydrogen-bond acceptors (Lipinski definition) is 5. The van der Waals surface area contributed by atoms with Crippen LogP contribution in [0.2, 0.25) is 0 Å². The van der Waals surface area contributed by atoms with Gasteiger partial charge in [-0.25, -0.2) is 8.42 Å². The number of rotatable bonds is 4. The molecule has 0 spiro atoms. The Morgan fingerprint density at radius 2 is 1.68 bits per heavy atom. The summed E-state index contributed by atoms with van der Waals surface area (Å²) < 4.78 is 31.6. The maximum absolute atomic E-state index is 10.5. The number of nitrogens with zero attached hydrogens (tertiary/aromatic N) is 2. The standard InChI is InChI=1S/C13H14N2O3S/c1-10-2-4-12(14-8-10)13-5-3-11(9-15-13)6-7-19(16,17)18/h2-5,8-9H,6-7H2,1H3,(H,16,17,18)/p-1. The molecule has 2 rings (SSSR count). The second-order valence-electron chi connectivity index (χ2n) is 4.28. The smallest absolute Gasteiger partial charge is 0.0949 e. The van der Waals surface area contributed by atoms with Gasteiger partial charge in [0.05, 0.1) is 21.5 Å². The molecule has 0 fully saturated rings. The third kappa shape index (κ3) is 4.11. The molecule has 0 saturated carbocycles. The van der Waals surface area contributed by atoms with Crippen molar-refractivity contribution in [3.8, 4) is 11.4 Å². The first kappa shape index (κ1) is 13.6. The lowest BCUT2D eigenvalue weighted by Crippen LogP contribution is -2.07. The maximum Gasteiger partial charge on any atom is 0.0949 e. The van der Waals surface area contributed by atoms with Crippen molar-refractivity contribution in [1.29, 1.82) is 0 Å². The van der Waals surface area contributed by atoms with E-state index in [0.29, 0.717) is 5.69 Å². The highest BCUT2D eigenvalue weighted by atomic mass is 32.2. The minimum absolute atomic E-state index is 0.181. The summed E-state index contributed by atoms with van der Waals surface area (Å²) in [6.45, 7) is 1.96.